The molecule has 6 nitrogen and oxygen atoms in total. The van der Waals surface area contributed by atoms with E-state index in [9.17, 15) is 9.59 Å². The molecule has 7 heteroatoms. The molecule has 0 fully saturated rings. The fourth-order valence-corrected chi connectivity index (χ4v) is 1.89. The Morgan fingerprint density at radius 1 is 1.55 bits per heavy atom. The summed E-state index contributed by atoms with van der Waals surface area (Å²) in [7, 11) is 0. The van der Waals surface area contributed by atoms with Crippen molar-refractivity contribution in [1.82, 2.24) is 5.32 Å². The molecule has 0 radical (unpaired) electrons. The van der Waals surface area contributed by atoms with E-state index in [0.717, 1.165) is 0 Å². The Kier molecular flexibility index (Phi) is 4.60. The van der Waals surface area contributed by atoms with Gasteiger partial charge in [0.2, 0.25) is 5.91 Å². The lowest BCUT2D eigenvalue weighted by Gasteiger charge is -2.19. The zero-order valence-corrected chi connectivity index (χ0v) is 11.4. The summed E-state index contributed by atoms with van der Waals surface area (Å²) in [6.45, 7) is 4.18. The fourth-order valence-electron chi connectivity index (χ4n) is 1.68. The molecule has 2 amide bonds. The maximum absolute atomic E-state index is 11.7. The maximum Gasteiger partial charge on any atom is 0.262 e. The van der Waals surface area contributed by atoms with E-state index in [-0.39, 0.29) is 25.0 Å². The molecule has 2 rings (SSSR count). The minimum Gasteiger partial charge on any atom is -0.482 e. The lowest BCUT2D eigenvalue weighted by Crippen LogP contribution is -2.28. The van der Waals surface area contributed by atoms with Gasteiger partial charge < -0.3 is 20.7 Å². The van der Waals surface area contributed by atoms with E-state index >= 15 is 0 Å². The van der Waals surface area contributed by atoms with E-state index in [2.05, 4.69) is 22.5 Å². The van der Waals surface area contributed by atoms with Gasteiger partial charge in [0.15, 0.2) is 6.61 Å². The van der Waals surface area contributed by atoms with Gasteiger partial charge in [0.1, 0.15) is 5.75 Å². The maximum atomic E-state index is 11.7. The van der Waals surface area contributed by atoms with Crippen LogP contribution in [-0.4, -0.2) is 31.5 Å². The number of hydrogen-bond acceptors (Lipinski definition) is 4. The van der Waals surface area contributed by atoms with Gasteiger partial charge in [-0.2, -0.15) is 0 Å². The standard InChI is InChI=1S/C13H14ClN3O3/c1-2-3-15-6-12(18)16-9-5-11-10(4-8(9)14)17-13(19)7-20-11/h2,4-5,15H,1,3,6-7H2,(H,16,18)(H,17,19). The van der Waals surface area contributed by atoms with E-state index in [1.54, 1.807) is 18.2 Å². The molecule has 0 saturated heterocycles. The second-order valence-corrected chi connectivity index (χ2v) is 4.54. The van der Waals surface area contributed by atoms with Crippen LogP contribution in [-0.2, 0) is 9.59 Å². The Labute approximate surface area is 121 Å². The number of ether oxygens (including phenoxy) is 1. The molecule has 20 heavy (non-hydrogen) atoms. The monoisotopic (exact) mass is 295 g/mol. The molecule has 0 aliphatic carbocycles. The van der Waals surface area contributed by atoms with Crippen LogP contribution in [0.1, 0.15) is 0 Å². The van der Waals surface area contributed by atoms with E-state index < -0.39 is 0 Å². The molecule has 1 aliphatic rings. The second-order valence-electron chi connectivity index (χ2n) is 4.13. The summed E-state index contributed by atoms with van der Waals surface area (Å²) in [5.74, 6) is 0.0101. The predicted molar refractivity (Wildman–Crippen MR) is 77.3 cm³/mol. The number of nitrogens with one attached hydrogen (secondary N) is 3. The summed E-state index contributed by atoms with van der Waals surface area (Å²) in [5, 5.41) is 8.52. The number of carbonyl (C=O) groups excluding carboxylic acids is 2. The molecule has 0 bridgehead atoms. The molecular formula is C13H14ClN3O3. The molecule has 1 aliphatic heterocycles. The van der Waals surface area contributed by atoms with Crippen LogP contribution in [0.3, 0.4) is 0 Å². The summed E-state index contributed by atoms with van der Waals surface area (Å²) in [6.07, 6.45) is 1.66. The highest BCUT2D eigenvalue weighted by Gasteiger charge is 2.18. The van der Waals surface area contributed by atoms with Gasteiger partial charge in [0.05, 0.1) is 22.9 Å². The third-order valence-electron chi connectivity index (χ3n) is 2.55. The molecular weight excluding hydrogens is 282 g/mol. The number of benzene rings is 1. The number of carbonyl (C=O) groups is 2. The Bertz CT molecular complexity index is 560. The van der Waals surface area contributed by atoms with Crippen molar-refractivity contribution >= 4 is 34.8 Å². The van der Waals surface area contributed by atoms with Crippen molar-refractivity contribution in [1.29, 1.82) is 0 Å². The first-order valence-electron chi connectivity index (χ1n) is 5.98. The lowest BCUT2D eigenvalue weighted by molar-refractivity contribution is -0.118. The van der Waals surface area contributed by atoms with Gasteiger partial charge in [-0.05, 0) is 6.07 Å². The molecule has 0 unspecified atom stereocenters. The number of anilines is 2. The molecule has 0 saturated carbocycles. The van der Waals surface area contributed by atoms with E-state index in [0.29, 0.717) is 28.7 Å². The minimum atomic E-state index is -0.237. The van der Waals surface area contributed by atoms with Gasteiger partial charge in [-0.15, -0.1) is 6.58 Å². The minimum absolute atomic E-state index is 0.0527. The van der Waals surface area contributed by atoms with Gasteiger partial charge in [-0.3, -0.25) is 9.59 Å². The largest absolute Gasteiger partial charge is 0.482 e. The Morgan fingerprint density at radius 3 is 3.10 bits per heavy atom. The van der Waals surface area contributed by atoms with Crippen molar-refractivity contribution in [2.75, 3.05) is 30.3 Å². The van der Waals surface area contributed by atoms with Gasteiger partial charge in [-0.1, -0.05) is 17.7 Å². The Morgan fingerprint density at radius 2 is 2.35 bits per heavy atom. The molecule has 0 spiro atoms. The Balaban J connectivity index is 2.07. The Hall–Kier alpha value is -2.05. The van der Waals surface area contributed by atoms with Crippen LogP contribution >= 0.6 is 11.6 Å². The first-order valence-corrected chi connectivity index (χ1v) is 6.35. The van der Waals surface area contributed by atoms with Crippen molar-refractivity contribution in [3.8, 4) is 5.75 Å². The second kappa shape index (κ2) is 6.40. The molecule has 1 heterocycles. The number of amides is 2. The highest BCUT2D eigenvalue weighted by Crippen LogP contribution is 2.36. The van der Waals surface area contributed by atoms with E-state index in [1.807, 2.05) is 0 Å². The zero-order chi connectivity index (χ0) is 14.5. The van der Waals surface area contributed by atoms with E-state index in [4.69, 9.17) is 16.3 Å². The van der Waals surface area contributed by atoms with Gasteiger partial charge in [-0.25, -0.2) is 0 Å². The van der Waals surface area contributed by atoms with Gasteiger partial charge in [0, 0.05) is 12.6 Å². The summed E-state index contributed by atoms with van der Waals surface area (Å²) in [4.78, 5) is 22.9. The number of fused-ring (bicyclic) bond motifs is 1. The van der Waals surface area contributed by atoms with Crippen LogP contribution in [0.25, 0.3) is 0 Å². The van der Waals surface area contributed by atoms with Crippen LogP contribution < -0.4 is 20.7 Å². The van der Waals surface area contributed by atoms with Crippen LogP contribution in [0.2, 0.25) is 5.02 Å². The van der Waals surface area contributed by atoms with Crippen molar-refractivity contribution in [3.05, 3.63) is 29.8 Å². The van der Waals surface area contributed by atoms with Gasteiger partial charge >= 0.3 is 0 Å². The normalized spacial score (nSPS) is 12.9. The quantitative estimate of drug-likeness (QED) is 0.566. The highest BCUT2D eigenvalue weighted by atomic mass is 35.5. The fraction of sp³-hybridized carbons (Fsp3) is 0.231. The van der Waals surface area contributed by atoms with Crippen molar-refractivity contribution in [2.24, 2.45) is 0 Å². The smallest absolute Gasteiger partial charge is 0.262 e. The summed E-state index contributed by atoms with van der Waals surface area (Å²) < 4.78 is 5.26. The highest BCUT2D eigenvalue weighted by molar-refractivity contribution is 6.34. The molecule has 0 atom stereocenters. The zero-order valence-electron chi connectivity index (χ0n) is 10.7. The third-order valence-corrected chi connectivity index (χ3v) is 2.86. The molecule has 0 aromatic heterocycles. The van der Waals surface area contributed by atoms with Crippen LogP contribution in [0.5, 0.6) is 5.75 Å². The summed E-state index contributed by atoms with van der Waals surface area (Å²) in [5.41, 5.74) is 0.931. The first kappa shape index (κ1) is 14.4. The average Bonchev–Trinajstić information content (AvgIpc) is 2.40. The SMILES string of the molecule is C=CCNCC(=O)Nc1cc2c(cc1Cl)NC(=O)CO2. The molecule has 106 valence electrons. The first-order chi connectivity index (χ1) is 9.60. The van der Waals surface area contributed by atoms with Crippen molar-refractivity contribution in [2.45, 2.75) is 0 Å². The molecule has 3 N–H and O–H groups in total. The number of halogens is 1. The van der Waals surface area contributed by atoms with Gasteiger partial charge in [0.25, 0.3) is 5.91 Å². The number of rotatable bonds is 5. The third kappa shape index (κ3) is 3.49. The van der Waals surface area contributed by atoms with Crippen LogP contribution in [0, 0.1) is 0 Å². The lowest BCUT2D eigenvalue weighted by atomic mass is 10.2. The summed E-state index contributed by atoms with van der Waals surface area (Å²) >= 11 is 6.06. The van der Waals surface area contributed by atoms with Crippen LogP contribution in [0.4, 0.5) is 11.4 Å². The number of hydrogen-bond donors (Lipinski definition) is 3. The van der Waals surface area contributed by atoms with Crippen molar-refractivity contribution in [3.63, 3.8) is 0 Å². The molecule has 1 aromatic carbocycles. The van der Waals surface area contributed by atoms with Crippen LogP contribution in [0.15, 0.2) is 24.8 Å². The predicted octanol–water partition coefficient (Wildman–Crippen LogP) is 1.38. The summed E-state index contributed by atoms with van der Waals surface area (Å²) in [6, 6.07) is 3.13. The van der Waals surface area contributed by atoms with E-state index in [1.165, 1.54) is 0 Å². The topological polar surface area (TPSA) is 79.5 Å². The average molecular weight is 296 g/mol. The van der Waals surface area contributed by atoms with Crippen molar-refractivity contribution < 1.29 is 14.3 Å². The molecule has 1 aromatic rings.